The van der Waals surface area contributed by atoms with Crippen LogP contribution in [0.25, 0.3) is 0 Å². The highest BCUT2D eigenvalue weighted by atomic mass is 16.5. The predicted octanol–water partition coefficient (Wildman–Crippen LogP) is 1.31. The largest absolute Gasteiger partial charge is 0.492 e. The normalized spacial score (nSPS) is 9.85. The topological polar surface area (TPSA) is 96.9 Å². The second-order valence-corrected chi connectivity index (χ2v) is 3.76. The SMILES string of the molecule is CCOc1ccccc1NC(=O)NCCOCC(=O)O. The zero-order chi connectivity index (χ0) is 14.8. The Morgan fingerprint density at radius 1 is 1.30 bits per heavy atom. The minimum Gasteiger partial charge on any atom is -0.492 e. The van der Waals surface area contributed by atoms with Gasteiger partial charge in [-0.1, -0.05) is 12.1 Å². The van der Waals surface area contributed by atoms with E-state index in [-0.39, 0.29) is 19.8 Å². The molecule has 0 heterocycles. The summed E-state index contributed by atoms with van der Waals surface area (Å²) in [7, 11) is 0. The molecule has 0 spiro atoms. The van der Waals surface area contributed by atoms with Gasteiger partial charge in [0.1, 0.15) is 12.4 Å². The van der Waals surface area contributed by atoms with Gasteiger partial charge >= 0.3 is 12.0 Å². The van der Waals surface area contributed by atoms with Gasteiger partial charge in [-0.15, -0.1) is 0 Å². The van der Waals surface area contributed by atoms with E-state index < -0.39 is 12.0 Å². The molecule has 7 nitrogen and oxygen atoms in total. The Morgan fingerprint density at radius 2 is 2.05 bits per heavy atom. The van der Waals surface area contributed by atoms with Crippen molar-refractivity contribution in [1.82, 2.24) is 5.32 Å². The number of carboxylic acid groups (broad SMARTS) is 1. The summed E-state index contributed by atoms with van der Waals surface area (Å²) in [6.07, 6.45) is 0. The van der Waals surface area contributed by atoms with E-state index in [4.69, 9.17) is 14.6 Å². The molecular weight excluding hydrogens is 264 g/mol. The van der Waals surface area contributed by atoms with Crippen LogP contribution in [0.2, 0.25) is 0 Å². The van der Waals surface area contributed by atoms with E-state index in [0.29, 0.717) is 18.0 Å². The number of benzene rings is 1. The van der Waals surface area contributed by atoms with E-state index in [2.05, 4.69) is 10.6 Å². The van der Waals surface area contributed by atoms with Gasteiger partial charge in [-0.05, 0) is 19.1 Å². The van der Waals surface area contributed by atoms with Crippen molar-refractivity contribution in [2.24, 2.45) is 0 Å². The molecule has 3 N–H and O–H groups in total. The first-order valence-corrected chi connectivity index (χ1v) is 6.19. The first kappa shape index (κ1) is 15.8. The molecule has 7 heteroatoms. The van der Waals surface area contributed by atoms with Gasteiger partial charge in [0.25, 0.3) is 0 Å². The number of aliphatic carboxylic acids is 1. The molecule has 1 rings (SSSR count). The van der Waals surface area contributed by atoms with Crippen LogP contribution in [0.5, 0.6) is 5.75 Å². The molecule has 0 saturated carbocycles. The van der Waals surface area contributed by atoms with Crippen molar-refractivity contribution in [3.8, 4) is 5.75 Å². The molecule has 0 atom stereocenters. The number of urea groups is 1. The lowest BCUT2D eigenvalue weighted by atomic mass is 10.3. The van der Waals surface area contributed by atoms with Crippen LogP contribution in [-0.4, -0.2) is 43.5 Å². The first-order chi connectivity index (χ1) is 9.63. The summed E-state index contributed by atoms with van der Waals surface area (Å²) >= 11 is 0. The summed E-state index contributed by atoms with van der Waals surface area (Å²) in [5, 5.41) is 13.6. The second kappa shape index (κ2) is 8.76. The number of amides is 2. The lowest BCUT2D eigenvalue weighted by Crippen LogP contribution is -2.32. The number of nitrogens with one attached hydrogen (secondary N) is 2. The van der Waals surface area contributed by atoms with Gasteiger partial charge in [-0.25, -0.2) is 9.59 Å². The van der Waals surface area contributed by atoms with Crippen LogP contribution in [-0.2, 0) is 9.53 Å². The predicted molar refractivity (Wildman–Crippen MR) is 73.1 cm³/mol. The minimum absolute atomic E-state index is 0.132. The zero-order valence-electron chi connectivity index (χ0n) is 11.2. The molecule has 20 heavy (non-hydrogen) atoms. The maximum Gasteiger partial charge on any atom is 0.329 e. The third-order valence-electron chi connectivity index (χ3n) is 2.19. The van der Waals surface area contributed by atoms with Crippen LogP contribution in [0, 0.1) is 0 Å². The third-order valence-corrected chi connectivity index (χ3v) is 2.19. The zero-order valence-corrected chi connectivity index (χ0v) is 11.2. The van der Waals surface area contributed by atoms with E-state index in [0.717, 1.165) is 0 Å². The highest BCUT2D eigenvalue weighted by molar-refractivity contribution is 5.90. The van der Waals surface area contributed by atoms with Crippen molar-refractivity contribution in [3.05, 3.63) is 24.3 Å². The Labute approximate surface area is 116 Å². The van der Waals surface area contributed by atoms with Gasteiger partial charge < -0.3 is 25.2 Å². The van der Waals surface area contributed by atoms with E-state index in [1.54, 1.807) is 18.2 Å². The van der Waals surface area contributed by atoms with Crippen molar-refractivity contribution in [2.45, 2.75) is 6.92 Å². The van der Waals surface area contributed by atoms with Crippen LogP contribution in [0.4, 0.5) is 10.5 Å². The number of rotatable bonds is 8. The molecule has 1 aromatic rings. The Morgan fingerprint density at radius 3 is 2.75 bits per heavy atom. The van der Waals surface area contributed by atoms with E-state index in [9.17, 15) is 9.59 Å². The van der Waals surface area contributed by atoms with Gasteiger partial charge in [0.05, 0.1) is 18.9 Å². The Balaban J connectivity index is 2.33. The molecule has 2 amide bonds. The van der Waals surface area contributed by atoms with Crippen molar-refractivity contribution in [3.63, 3.8) is 0 Å². The van der Waals surface area contributed by atoms with Crippen LogP contribution >= 0.6 is 0 Å². The van der Waals surface area contributed by atoms with Crippen LogP contribution < -0.4 is 15.4 Å². The summed E-state index contributed by atoms with van der Waals surface area (Å²) in [5.41, 5.74) is 0.568. The summed E-state index contributed by atoms with van der Waals surface area (Å²) in [6.45, 7) is 2.33. The molecule has 110 valence electrons. The highest BCUT2D eigenvalue weighted by Crippen LogP contribution is 2.23. The number of hydrogen-bond acceptors (Lipinski definition) is 4. The fourth-order valence-electron chi connectivity index (χ4n) is 1.41. The van der Waals surface area contributed by atoms with Gasteiger partial charge in [-0.3, -0.25) is 0 Å². The summed E-state index contributed by atoms with van der Waals surface area (Å²) in [4.78, 5) is 21.8. The molecule has 0 saturated heterocycles. The number of para-hydroxylation sites is 2. The Kier molecular flexibility index (Phi) is 6.91. The lowest BCUT2D eigenvalue weighted by molar-refractivity contribution is -0.142. The van der Waals surface area contributed by atoms with Crippen LogP contribution in [0.3, 0.4) is 0 Å². The molecule has 0 unspecified atom stereocenters. The summed E-state index contributed by atoms with van der Waals surface area (Å²) in [5.74, 6) is -0.452. The first-order valence-electron chi connectivity index (χ1n) is 6.19. The summed E-state index contributed by atoms with van der Waals surface area (Å²) in [6, 6.07) is 6.68. The number of carbonyl (C=O) groups excluding carboxylic acids is 1. The molecule has 0 aromatic heterocycles. The van der Waals surface area contributed by atoms with Gasteiger partial charge in [0, 0.05) is 6.54 Å². The molecule has 0 aliphatic rings. The van der Waals surface area contributed by atoms with E-state index in [1.807, 2.05) is 13.0 Å². The molecule has 0 radical (unpaired) electrons. The van der Waals surface area contributed by atoms with Crippen LogP contribution in [0.1, 0.15) is 6.92 Å². The summed E-state index contributed by atoms with van der Waals surface area (Å²) < 4.78 is 10.2. The number of anilines is 1. The maximum absolute atomic E-state index is 11.6. The van der Waals surface area contributed by atoms with Gasteiger partial charge in [-0.2, -0.15) is 0 Å². The fraction of sp³-hybridized carbons (Fsp3) is 0.385. The highest BCUT2D eigenvalue weighted by Gasteiger charge is 2.06. The monoisotopic (exact) mass is 282 g/mol. The average molecular weight is 282 g/mol. The van der Waals surface area contributed by atoms with Crippen molar-refractivity contribution in [2.75, 3.05) is 31.7 Å². The number of carbonyl (C=O) groups is 2. The number of ether oxygens (including phenoxy) is 2. The molecule has 1 aromatic carbocycles. The third kappa shape index (κ3) is 6.05. The van der Waals surface area contributed by atoms with Crippen molar-refractivity contribution >= 4 is 17.7 Å². The standard InChI is InChI=1S/C13H18N2O5/c1-2-20-11-6-4-3-5-10(11)15-13(18)14-7-8-19-9-12(16)17/h3-6H,2,7-9H2,1H3,(H,16,17)(H2,14,15,18). The lowest BCUT2D eigenvalue weighted by Gasteiger charge is -2.11. The van der Waals surface area contributed by atoms with Crippen LogP contribution in [0.15, 0.2) is 24.3 Å². The second-order valence-electron chi connectivity index (χ2n) is 3.76. The minimum atomic E-state index is -1.04. The van der Waals surface area contributed by atoms with Gasteiger partial charge in [0.15, 0.2) is 0 Å². The molecule has 0 aliphatic carbocycles. The molecule has 0 aliphatic heterocycles. The Bertz CT molecular complexity index is 450. The molecule has 0 fully saturated rings. The van der Waals surface area contributed by atoms with Crippen molar-refractivity contribution in [1.29, 1.82) is 0 Å². The number of carboxylic acids is 1. The Hall–Kier alpha value is -2.28. The number of hydrogen-bond donors (Lipinski definition) is 3. The quantitative estimate of drug-likeness (QED) is 0.625. The molecular formula is C13H18N2O5. The maximum atomic E-state index is 11.6. The molecule has 0 bridgehead atoms. The van der Waals surface area contributed by atoms with Gasteiger partial charge in [0.2, 0.25) is 0 Å². The average Bonchev–Trinajstić information content (AvgIpc) is 2.40. The smallest absolute Gasteiger partial charge is 0.329 e. The van der Waals surface area contributed by atoms with E-state index >= 15 is 0 Å². The fourth-order valence-corrected chi connectivity index (χ4v) is 1.41. The van der Waals surface area contributed by atoms with Crippen molar-refractivity contribution < 1.29 is 24.2 Å². The van der Waals surface area contributed by atoms with E-state index in [1.165, 1.54) is 0 Å².